The summed E-state index contributed by atoms with van der Waals surface area (Å²) >= 11 is 6.49. The van der Waals surface area contributed by atoms with Gasteiger partial charge in [0.1, 0.15) is 6.04 Å². The van der Waals surface area contributed by atoms with Crippen LogP contribution in [-0.2, 0) is 32.6 Å². The SMILES string of the molecule is CC[C@H](C)NC(=O)[C@H](Cc1ccccc1)N(Cc1ccccc1Cl)C(=O)CCCN(c1ccc(C)cc1)S(C)(=O)=O. The normalized spacial score (nSPS) is 12.8. The van der Waals surface area contributed by atoms with Crippen LogP contribution in [-0.4, -0.2) is 50.0 Å². The van der Waals surface area contributed by atoms with Gasteiger partial charge in [0.2, 0.25) is 21.8 Å². The van der Waals surface area contributed by atoms with Gasteiger partial charge >= 0.3 is 0 Å². The highest BCUT2D eigenvalue weighted by molar-refractivity contribution is 7.92. The lowest BCUT2D eigenvalue weighted by Gasteiger charge is -2.33. The maximum absolute atomic E-state index is 13.9. The Morgan fingerprint density at radius 2 is 1.59 bits per heavy atom. The van der Waals surface area contributed by atoms with E-state index in [2.05, 4.69) is 5.32 Å². The quantitative estimate of drug-likeness (QED) is 0.256. The van der Waals surface area contributed by atoms with Gasteiger partial charge in [0.15, 0.2) is 0 Å². The molecular weight excluding hydrogens is 558 g/mol. The van der Waals surface area contributed by atoms with Gasteiger partial charge in [-0.25, -0.2) is 8.42 Å². The van der Waals surface area contributed by atoms with Gasteiger partial charge in [0.05, 0.1) is 11.9 Å². The standard InChI is InChI=1S/C32H40ClN3O4S/c1-5-25(3)34-32(38)30(22-26-12-7-6-8-13-26)35(23-27-14-9-10-15-29(27)33)31(37)16-11-21-36(41(4,39)40)28-19-17-24(2)18-20-28/h6-10,12-15,17-20,25,30H,5,11,16,21-23H2,1-4H3,(H,34,38)/t25-,30-/m0/s1. The molecule has 0 bridgehead atoms. The maximum atomic E-state index is 13.9. The Kier molecular flexibility index (Phi) is 11.8. The Bertz CT molecular complexity index is 1400. The highest BCUT2D eigenvalue weighted by atomic mass is 35.5. The highest BCUT2D eigenvalue weighted by Gasteiger charge is 2.31. The van der Waals surface area contributed by atoms with E-state index in [-0.39, 0.29) is 43.8 Å². The van der Waals surface area contributed by atoms with Crippen LogP contribution < -0.4 is 9.62 Å². The molecule has 3 aromatic carbocycles. The second-order valence-corrected chi connectivity index (χ2v) is 12.7. The largest absolute Gasteiger partial charge is 0.352 e. The number of benzene rings is 3. The fourth-order valence-electron chi connectivity index (χ4n) is 4.52. The van der Waals surface area contributed by atoms with Crippen molar-refractivity contribution in [1.29, 1.82) is 0 Å². The van der Waals surface area contributed by atoms with Gasteiger partial charge in [-0.3, -0.25) is 13.9 Å². The second-order valence-electron chi connectivity index (χ2n) is 10.4. The highest BCUT2D eigenvalue weighted by Crippen LogP contribution is 2.23. The Balaban J connectivity index is 1.89. The van der Waals surface area contributed by atoms with E-state index < -0.39 is 16.1 Å². The first-order chi connectivity index (χ1) is 19.5. The average molecular weight is 598 g/mol. The van der Waals surface area contributed by atoms with Crippen molar-refractivity contribution in [1.82, 2.24) is 10.2 Å². The van der Waals surface area contributed by atoms with Crippen LogP contribution in [0.5, 0.6) is 0 Å². The molecule has 0 heterocycles. The summed E-state index contributed by atoms with van der Waals surface area (Å²) in [7, 11) is -3.56. The lowest BCUT2D eigenvalue weighted by Crippen LogP contribution is -2.52. The number of sulfonamides is 1. The summed E-state index contributed by atoms with van der Waals surface area (Å²) in [5, 5.41) is 3.56. The lowest BCUT2D eigenvalue weighted by molar-refractivity contribution is -0.141. The second kappa shape index (κ2) is 15.0. The minimum atomic E-state index is -3.56. The number of anilines is 1. The molecule has 9 heteroatoms. The molecule has 2 atom stereocenters. The van der Waals surface area contributed by atoms with Crippen molar-refractivity contribution in [2.45, 2.75) is 65.1 Å². The number of nitrogens with one attached hydrogen (secondary N) is 1. The third kappa shape index (κ3) is 9.61. The van der Waals surface area contributed by atoms with E-state index in [0.29, 0.717) is 17.1 Å². The zero-order valence-electron chi connectivity index (χ0n) is 24.2. The molecule has 1 N–H and O–H groups in total. The summed E-state index contributed by atoms with van der Waals surface area (Å²) in [6, 6.07) is 23.3. The van der Waals surface area contributed by atoms with Gasteiger partial charge in [-0.15, -0.1) is 0 Å². The number of carbonyl (C=O) groups excluding carboxylic acids is 2. The van der Waals surface area contributed by atoms with Crippen molar-refractivity contribution in [2.24, 2.45) is 0 Å². The van der Waals surface area contributed by atoms with Gasteiger partial charge in [-0.05, 0) is 56.0 Å². The topological polar surface area (TPSA) is 86.8 Å². The van der Waals surface area contributed by atoms with Crippen molar-refractivity contribution in [3.05, 3.63) is 101 Å². The predicted molar refractivity (Wildman–Crippen MR) is 166 cm³/mol. The predicted octanol–water partition coefficient (Wildman–Crippen LogP) is 5.75. The number of halogens is 1. The first-order valence-corrected chi connectivity index (χ1v) is 16.1. The average Bonchev–Trinajstić information content (AvgIpc) is 2.94. The Morgan fingerprint density at radius 3 is 2.20 bits per heavy atom. The Morgan fingerprint density at radius 1 is 0.951 bits per heavy atom. The fourth-order valence-corrected chi connectivity index (χ4v) is 5.68. The van der Waals surface area contributed by atoms with Gasteiger partial charge in [-0.1, -0.05) is 84.8 Å². The molecular formula is C32H40ClN3O4S. The number of nitrogens with zero attached hydrogens (tertiary/aromatic N) is 2. The maximum Gasteiger partial charge on any atom is 0.243 e. The first kappa shape index (κ1) is 32.2. The van der Waals surface area contributed by atoms with Crippen LogP contribution in [0, 0.1) is 6.92 Å². The first-order valence-electron chi connectivity index (χ1n) is 13.9. The van der Waals surface area contributed by atoms with Crippen LogP contribution in [0.3, 0.4) is 0 Å². The molecule has 0 aliphatic carbocycles. The van der Waals surface area contributed by atoms with Crippen LogP contribution >= 0.6 is 11.6 Å². The van der Waals surface area contributed by atoms with E-state index >= 15 is 0 Å². The molecule has 0 fully saturated rings. The molecule has 0 unspecified atom stereocenters. The van der Waals surface area contributed by atoms with E-state index in [9.17, 15) is 18.0 Å². The lowest BCUT2D eigenvalue weighted by atomic mass is 10.0. The Labute approximate surface area is 249 Å². The van der Waals surface area contributed by atoms with Crippen LogP contribution in [0.1, 0.15) is 49.8 Å². The monoisotopic (exact) mass is 597 g/mol. The molecule has 0 aliphatic heterocycles. The number of rotatable bonds is 14. The summed E-state index contributed by atoms with van der Waals surface area (Å²) in [6.07, 6.45) is 2.59. The zero-order chi connectivity index (χ0) is 30.0. The molecule has 7 nitrogen and oxygen atoms in total. The van der Waals surface area contributed by atoms with Gasteiger partial charge < -0.3 is 10.2 Å². The van der Waals surface area contributed by atoms with E-state index in [4.69, 9.17) is 11.6 Å². The number of aryl methyl sites for hydroxylation is 1. The van der Waals surface area contributed by atoms with E-state index in [1.807, 2.05) is 81.4 Å². The fraction of sp³-hybridized carbons (Fsp3) is 0.375. The summed E-state index contributed by atoms with van der Waals surface area (Å²) in [5.41, 5.74) is 3.23. The molecule has 2 amide bonds. The summed E-state index contributed by atoms with van der Waals surface area (Å²) in [6.45, 7) is 6.14. The molecule has 0 aliphatic rings. The third-order valence-corrected chi connectivity index (χ3v) is 8.61. The van der Waals surface area contributed by atoms with Crippen molar-refractivity contribution in [3.8, 4) is 0 Å². The van der Waals surface area contributed by atoms with Gasteiger partial charge in [0.25, 0.3) is 0 Å². The van der Waals surface area contributed by atoms with Crippen LogP contribution in [0.25, 0.3) is 0 Å². The molecule has 3 aromatic rings. The van der Waals surface area contributed by atoms with Crippen molar-refractivity contribution in [3.63, 3.8) is 0 Å². The minimum Gasteiger partial charge on any atom is -0.352 e. The van der Waals surface area contributed by atoms with Gasteiger partial charge in [0, 0.05) is 37.0 Å². The van der Waals surface area contributed by atoms with Gasteiger partial charge in [-0.2, -0.15) is 0 Å². The van der Waals surface area contributed by atoms with Crippen molar-refractivity contribution < 1.29 is 18.0 Å². The van der Waals surface area contributed by atoms with Crippen LogP contribution in [0.2, 0.25) is 5.02 Å². The van der Waals surface area contributed by atoms with E-state index in [1.165, 1.54) is 4.31 Å². The molecule has 3 rings (SSSR count). The molecule has 0 spiro atoms. The number of amides is 2. The molecule has 0 aromatic heterocycles. The Hall–Kier alpha value is -3.36. The number of hydrogen-bond donors (Lipinski definition) is 1. The number of carbonyl (C=O) groups is 2. The number of hydrogen-bond acceptors (Lipinski definition) is 4. The van der Waals surface area contributed by atoms with E-state index in [0.717, 1.165) is 29.4 Å². The zero-order valence-corrected chi connectivity index (χ0v) is 25.8. The van der Waals surface area contributed by atoms with Crippen molar-refractivity contribution >= 4 is 39.1 Å². The molecule has 0 radical (unpaired) electrons. The third-order valence-electron chi connectivity index (χ3n) is 7.04. The molecule has 0 saturated carbocycles. The summed E-state index contributed by atoms with van der Waals surface area (Å²) < 4.78 is 26.5. The minimum absolute atomic E-state index is 0.0594. The summed E-state index contributed by atoms with van der Waals surface area (Å²) in [4.78, 5) is 29.1. The molecule has 41 heavy (non-hydrogen) atoms. The smallest absolute Gasteiger partial charge is 0.243 e. The molecule has 220 valence electrons. The van der Waals surface area contributed by atoms with Crippen LogP contribution in [0.15, 0.2) is 78.9 Å². The summed E-state index contributed by atoms with van der Waals surface area (Å²) in [5.74, 6) is -0.483. The molecule has 0 saturated heterocycles. The van der Waals surface area contributed by atoms with E-state index in [1.54, 1.807) is 23.1 Å². The van der Waals surface area contributed by atoms with Crippen molar-refractivity contribution in [2.75, 3.05) is 17.1 Å². The van der Waals surface area contributed by atoms with Crippen LogP contribution in [0.4, 0.5) is 5.69 Å².